The molecule has 0 aromatic carbocycles. The Morgan fingerprint density at radius 2 is 2.12 bits per heavy atom. The second-order valence-electron chi connectivity index (χ2n) is 8.69. The smallest absolute Gasteiger partial charge is 0.364 e. The number of rotatable bonds is 11. The number of aromatic amines is 1. The van der Waals surface area contributed by atoms with Crippen LogP contribution in [0.25, 0.3) is 22.3 Å². The Balaban J connectivity index is 1.16. The molecule has 4 aromatic rings. The number of imidazole rings is 2. The lowest BCUT2D eigenvalue weighted by Crippen LogP contribution is -2.30. The van der Waals surface area contributed by atoms with E-state index in [1.807, 2.05) is 0 Å². The van der Waals surface area contributed by atoms with E-state index in [4.69, 9.17) is 36.1 Å². The molecule has 220 valence electrons. The van der Waals surface area contributed by atoms with E-state index < -0.39 is 48.8 Å². The van der Waals surface area contributed by atoms with Gasteiger partial charge in [0.05, 0.1) is 25.7 Å². The highest BCUT2D eigenvalue weighted by atomic mass is 32.5. The fraction of sp³-hybridized carbons (Fsp3) is 0.450. The van der Waals surface area contributed by atoms with Crippen molar-refractivity contribution in [3.8, 4) is 0 Å². The Hall–Kier alpha value is -3.10. The number of halogens is 1. The van der Waals surface area contributed by atoms with Crippen molar-refractivity contribution in [2.45, 2.75) is 44.2 Å². The molecular weight excluding hydrogens is 608 g/mol. The zero-order valence-electron chi connectivity index (χ0n) is 20.8. The summed E-state index contributed by atoms with van der Waals surface area (Å²) in [6.45, 7) is -4.27. The highest BCUT2D eigenvalue weighted by Crippen LogP contribution is 2.45. The van der Waals surface area contributed by atoms with E-state index in [0.29, 0.717) is 30.0 Å². The fourth-order valence-corrected chi connectivity index (χ4v) is 5.45. The number of nitrogen functional groups attached to an aromatic ring is 1. The molecule has 17 nitrogen and oxygen atoms in total. The van der Waals surface area contributed by atoms with Crippen molar-refractivity contribution >= 4 is 64.7 Å². The number of aryl methyl sites for hydroxylation is 1. The van der Waals surface area contributed by atoms with Gasteiger partial charge in [-0.1, -0.05) is 12.6 Å². The van der Waals surface area contributed by atoms with Crippen LogP contribution in [0.3, 0.4) is 0 Å². The summed E-state index contributed by atoms with van der Waals surface area (Å²) in [7, 11) is 0. The molecule has 5 heterocycles. The second kappa shape index (κ2) is 12.0. The Labute approximate surface area is 239 Å². The third-order valence-electron chi connectivity index (χ3n) is 6.01. The van der Waals surface area contributed by atoms with Gasteiger partial charge in [0, 0.05) is 6.54 Å². The molecule has 0 spiro atoms. The SMILES string of the molecule is Nc1nc2c(ncn2[C@@H]2O[C@H](COP(O)(=S)OCCCn3c(COC(=O)S)nc4cncnc43)[C@@H](F)[C@H]2O)c(=O)[nH]1. The molecule has 0 radical (unpaired) electrons. The third-order valence-corrected chi connectivity index (χ3v) is 7.75. The van der Waals surface area contributed by atoms with Gasteiger partial charge in [-0.05, 0) is 18.2 Å². The fourth-order valence-electron chi connectivity index (χ4n) is 4.21. The summed E-state index contributed by atoms with van der Waals surface area (Å²) >= 11 is 8.61. The summed E-state index contributed by atoms with van der Waals surface area (Å²) in [4.78, 5) is 56.2. The minimum absolute atomic E-state index is 0.0104. The zero-order chi connectivity index (χ0) is 29.3. The number of nitrogens with zero attached hydrogens (tertiary/aromatic N) is 7. The maximum atomic E-state index is 14.9. The van der Waals surface area contributed by atoms with Crippen LogP contribution in [0.5, 0.6) is 0 Å². The van der Waals surface area contributed by atoms with Crippen LogP contribution < -0.4 is 11.3 Å². The van der Waals surface area contributed by atoms with Gasteiger partial charge in [0.15, 0.2) is 35.8 Å². The predicted octanol–water partition coefficient (Wildman–Crippen LogP) is 0.345. The first kappa shape index (κ1) is 29.4. The maximum absolute atomic E-state index is 14.9. The van der Waals surface area contributed by atoms with Crippen molar-refractivity contribution < 1.29 is 37.7 Å². The number of aromatic nitrogens is 8. The standard InChI is InChI=1S/C20H23FN9O8PS2/c21-12-10(38-18(14(12)31)30-8-25-13-16(30)27-19(22)28-17(13)32)5-37-39(34,41)36-3-1-2-29-11(6-35-20(33)40)26-9-4-23-7-24-15(9)29/h4,7-8,10,12,14,18,31H,1-3,5-6H2,(H,33,40)(H,34,41)(H3,22,27,28,32)/t10-,12-,14-,18-,39?/m1/s1. The van der Waals surface area contributed by atoms with Crippen molar-refractivity contribution in [3.05, 3.63) is 35.0 Å². The summed E-state index contributed by atoms with van der Waals surface area (Å²) in [6.07, 6.45) is -1.92. The van der Waals surface area contributed by atoms with Gasteiger partial charge < -0.3 is 38.8 Å². The van der Waals surface area contributed by atoms with Gasteiger partial charge in [0.25, 0.3) is 5.56 Å². The minimum Gasteiger partial charge on any atom is -0.450 e. The van der Waals surface area contributed by atoms with Crippen molar-refractivity contribution in [3.63, 3.8) is 0 Å². The Kier molecular flexibility index (Phi) is 8.62. The lowest BCUT2D eigenvalue weighted by Gasteiger charge is -2.19. The van der Waals surface area contributed by atoms with Crippen LogP contribution >= 0.6 is 19.3 Å². The molecule has 0 aliphatic carbocycles. The predicted molar refractivity (Wildman–Crippen MR) is 145 cm³/mol. The van der Waals surface area contributed by atoms with Gasteiger partial charge in [-0.2, -0.15) is 4.98 Å². The molecular formula is C20H23FN9O8PS2. The van der Waals surface area contributed by atoms with Crippen LogP contribution in [0.15, 0.2) is 23.6 Å². The number of carbonyl (C=O) groups is 1. The van der Waals surface area contributed by atoms with Gasteiger partial charge in [-0.3, -0.25) is 14.3 Å². The first-order chi connectivity index (χ1) is 19.5. The first-order valence-corrected chi connectivity index (χ1v) is 14.9. The van der Waals surface area contributed by atoms with E-state index in [1.165, 1.54) is 23.4 Å². The molecule has 1 unspecified atom stereocenters. The monoisotopic (exact) mass is 631 g/mol. The molecule has 4 aromatic heterocycles. The van der Waals surface area contributed by atoms with E-state index in [1.54, 1.807) is 4.57 Å². The molecule has 21 heteroatoms. The zero-order valence-corrected chi connectivity index (χ0v) is 23.4. The number of hydrogen-bond acceptors (Lipinski definition) is 14. The summed E-state index contributed by atoms with van der Waals surface area (Å²) in [6, 6.07) is 0. The van der Waals surface area contributed by atoms with Crippen molar-refractivity contribution in [2.75, 3.05) is 18.9 Å². The Bertz CT molecular complexity index is 1690. The van der Waals surface area contributed by atoms with Crippen LogP contribution in [0.4, 0.5) is 15.1 Å². The van der Waals surface area contributed by atoms with Crippen molar-refractivity contribution in [1.82, 2.24) is 39.0 Å². The summed E-state index contributed by atoms with van der Waals surface area (Å²) in [5.41, 5.74) is 5.88. The van der Waals surface area contributed by atoms with Gasteiger partial charge in [-0.25, -0.2) is 29.1 Å². The number of H-pyrrole nitrogens is 1. The highest BCUT2D eigenvalue weighted by molar-refractivity contribution is 8.07. The van der Waals surface area contributed by atoms with E-state index in [9.17, 15) is 24.0 Å². The number of hydrogen-bond donors (Lipinski definition) is 5. The number of carbonyl (C=O) groups excluding carboxylic acids is 1. The van der Waals surface area contributed by atoms with Gasteiger partial charge in [0.1, 0.15) is 29.9 Å². The molecule has 5 N–H and O–H groups in total. The van der Waals surface area contributed by atoms with Crippen molar-refractivity contribution in [1.29, 1.82) is 0 Å². The van der Waals surface area contributed by atoms with Gasteiger partial charge in [-0.15, -0.1) is 0 Å². The number of thiol groups is 1. The quantitative estimate of drug-likeness (QED) is 0.0651. The van der Waals surface area contributed by atoms with Crippen LogP contribution in [0.2, 0.25) is 0 Å². The second-order valence-corrected chi connectivity index (χ2v) is 11.9. The molecule has 1 saturated heterocycles. The summed E-state index contributed by atoms with van der Waals surface area (Å²) < 4.78 is 38.9. The molecule has 1 aliphatic heterocycles. The van der Waals surface area contributed by atoms with E-state index in [0.717, 1.165) is 0 Å². The van der Waals surface area contributed by atoms with Crippen molar-refractivity contribution in [2.24, 2.45) is 0 Å². The largest absolute Gasteiger partial charge is 0.450 e. The third kappa shape index (κ3) is 6.38. The number of alkyl halides is 1. The molecule has 5 atom stereocenters. The normalized spacial score (nSPS) is 22.3. The highest BCUT2D eigenvalue weighted by Gasteiger charge is 2.46. The molecule has 0 bridgehead atoms. The first-order valence-electron chi connectivity index (χ1n) is 11.9. The molecule has 0 saturated carbocycles. The van der Waals surface area contributed by atoms with Crippen LogP contribution in [-0.4, -0.2) is 85.9 Å². The molecule has 0 amide bonds. The van der Waals surface area contributed by atoms with E-state index in [-0.39, 0.29) is 30.3 Å². The van der Waals surface area contributed by atoms with Gasteiger partial charge >= 0.3 is 12.0 Å². The number of aliphatic hydroxyl groups excluding tert-OH is 1. The van der Waals surface area contributed by atoms with E-state index >= 15 is 0 Å². The summed E-state index contributed by atoms with van der Waals surface area (Å²) in [5.74, 6) is 0.203. The van der Waals surface area contributed by atoms with E-state index in [2.05, 4.69) is 42.5 Å². The summed E-state index contributed by atoms with van der Waals surface area (Å²) in [5, 5.41) is 9.68. The maximum Gasteiger partial charge on any atom is 0.364 e. The topological polar surface area (TPSA) is 228 Å². The van der Waals surface area contributed by atoms with Gasteiger partial charge in [0.2, 0.25) is 5.95 Å². The molecule has 1 fully saturated rings. The Morgan fingerprint density at radius 1 is 1.32 bits per heavy atom. The lowest BCUT2D eigenvalue weighted by atomic mass is 10.1. The number of nitrogens with two attached hydrogens (primary N) is 1. The number of ether oxygens (including phenoxy) is 2. The number of anilines is 1. The average Bonchev–Trinajstić information content (AvgIpc) is 3.58. The molecule has 5 rings (SSSR count). The van der Waals surface area contributed by atoms with Crippen LogP contribution in [0, 0.1) is 0 Å². The number of aliphatic hydroxyl groups is 1. The number of nitrogens with one attached hydrogen (secondary N) is 1. The molecule has 41 heavy (non-hydrogen) atoms. The van der Waals surface area contributed by atoms with Crippen LogP contribution in [-0.2, 0) is 43.5 Å². The lowest BCUT2D eigenvalue weighted by molar-refractivity contribution is -0.0480. The van der Waals surface area contributed by atoms with Crippen LogP contribution in [0.1, 0.15) is 18.5 Å². The molecule has 1 aliphatic rings. The minimum atomic E-state index is -3.83. The number of fused-ring (bicyclic) bond motifs is 2. The Morgan fingerprint density at radius 3 is 2.90 bits per heavy atom. The average molecular weight is 632 g/mol.